The van der Waals surface area contributed by atoms with E-state index < -0.39 is 18.1 Å². The SMILES string of the molecule is COC(CNC(=O)C(=O)N(Cc1ccccc1)Cc1ccccc1)OC. The molecule has 0 radical (unpaired) electrons. The lowest BCUT2D eigenvalue weighted by atomic mass is 10.1. The molecule has 6 nitrogen and oxygen atoms in total. The predicted molar refractivity (Wildman–Crippen MR) is 98.0 cm³/mol. The first-order chi connectivity index (χ1) is 12.6. The molecule has 0 saturated heterocycles. The van der Waals surface area contributed by atoms with E-state index in [1.807, 2.05) is 60.7 Å². The second kappa shape index (κ2) is 10.3. The Bertz CT molecular complexity index is 646. The molecule has 0 aromatic heterocycles. The van der Waals surface area contributed by atoms with Gasteiger partial charge in [-0.05, 0) is 11.1 Å². The van der Waals surface area contributed by atoms with Crippen molar-refractivity contribution in [1.29, 1.82) is 0 Å². The highest BCUT2D eigenvalue weighted by Crippen LogP contribution is 2.10. The molecular formula is C20H24N2O4. The highest BCUT2D eigenvalue weighted by molar-refractivity contribution is 6.34. The van der Waals surface area contributed by atoms with Crippen LogP contribution in [0, 0.1) is 0 Å². The van der Waals surface area contributed by atoms with Crippen molar-refractivity contribution in [3.05, 3.63) is 71.8 Å². The van der Waals surface area contributed by atoms with Gasteiger partial charge in [0.15, 0.2) is 6.29 Å². The summed E-state index contributed by atoms with van der Waals surface area (Å²) in [6.07, 6.45) is -0.594. The molecule has 0 fully saturated rings. The molecule has 0 heterocycles. The lowest BCUT2D eigenvalue weighted by Gasteiger charge is -2.23. The predicted octanol–water partition coefficient (Wildman–Crippen LogP) is 1.95. The van der Waals surface area contributed by atoms with E-state index in [1.54, 1.807) is 0 Å². The van der Waals surface area contributed by atoms with Crippen LogP contribution in [0.25, 0.3) is 0 Å². The zero-order valence-electron chi connectivity index (χ0n) is 15.1. The van der Waals surface area contributed by atoms with Crippen LogP contribution in [0.3, 0.4) is 0 Å². The first-order valence-electron chi connectivity index (χ1n) is 8.34. The average Bonchev–Trinajstić information content (AvgIpc) is 2.69. The largest absolute Gasteiger partial charge is 0.354 e. The van der Waals surface area contributed by atoms with E-state index in [0.29, 0.717) is 13.1 Å². The van der Waals surface area contributed by atoms with Crippen LogP contribution in [0.5, 0.6) is 0 Å². The summed E-state index contributed by atoms with van der Waals surface area (Å²) in [7, 11) is 2.94. The van der Waals surface area contributed by atoms with E-state index in [2.05, 4.69) is 5.32 Å². The van der Waals surface area contributed by atoms with Crippen molar-refractivity contribution in [2.75, 3.05) is 20.8 Å². The number of benzene rings is 2. The monoisotopic (exact) mass is 356 g/mol. The molecule has 2 aromatic carbocycles. The smallest absolute Gasteiger partial charge is 0.312 e. The van der Waals surface area contributed by atoms with E-state index in [-0.39, 0.29) is 6.54 Å². The van der Waals surface area contributed by atoms with Crippen LogP contribution in [-0.2, 0) is 32.2 Å². The molecule has 0 atom stereocenters. The third-order valence-corrected chi connectivity index (χ3v) is 3.87. The highest BCUT2D eigenvalue weighted by Gasteiger charge is 2.23. The van der Waals surface area contributed by atoms with Gasteiger partial charge in [-0.3, -0.25) is 9.59 Å². The summed E-state index contributed by atoms with van der Waals surface area (Å²) >= 11 is 0. The second-order valence-electron chi connectivity index (χ2n) is 5.74. The molecule has 26 heavy (non-hydrogen) atoms. The van der Waals surface area contributed by atoms with Gasteiger partial charge in [0.2, 0.25) is 0 Å². The minimum atomic E-state index is -0.684. The first kappa shape index (κ1) is 19.6. The number of hydrogen-bond acceptors (Lipinski definition) is 4. The molecule has 0 aliphatic heterocycles. The van der Waals surface area contributed by atoms with Gasteiger partial charge in [-0.15, -0.1) is 0 Å². The summed E-state index contributed by atoms with van der Waals surface area (Å²) in [5, 5.41) is 2.56. The fourth-order valence-electron chi connectivity index (χ4n) is 2.47. The van der Waals surface area contributed by atoms with Crippen molar-refractivity contribution in [2.24, 2.45) is 0 Å². The summed E-state index contributed by atoms with van der Waals surface area (Å²) in [4.78, 5) is 26.5. The topological polar surface area (TPSA) is 67.9 Å². The molecule has 6 heteroatoms. The molecule has 0 aliphatic carbocycles. The maximum atomic E-state index is 12.7. The molecular weight excluding hydrogens is 332 g/mol. The quantitative estimate of drug-likeness (QED) is 0.580. The number of nitrogens with zero attached hydrogens (tertiary/aromatic N) is 1. The van der Waals surface area contributed by atoms with Gasteiger partial charge in [0.05, 0.1) is 6.54 Å². The fraction of sp³-hybridized carbons (Fsp3) is 0.300. The first-order valence-corrected chi connectivity index (χ1v) is 8.34. The summed E-state index contributed by atoms with van der Waals surface area (Å²) in [5.74, 6) is -1.28. The summed E-state index contributed by atoms with van der Waals surface area (Å²) in [6, 6.07) is 19.1. The second-order valence-corrected chi connectivity index (χ2v) is 5.74. The Kier molecular flexibility index (Phi) is 7.79. The highest BCUT2D eigenvalue weighted by atomic mass is 16.7. The van der Waals surface area contributed by atoms with Gasteiger partial charge in [-0.2, -0.15) is 0 Å². The van der Waals surface area contributed by atoms with Crippen molar-refractivity contribution in [1.82, 2.24) is 10.2 Å². The minimum absolute atomic E-state index is 0.0993. The van der Waals surface area contributed by atoms with Crippen LogP contribution in [0.15, 0.2) is 60.7 Å². The molecule has 0 saturated carbocycles. The van der Waals surface area contributed by atoms with Gasteiger partial charge in [-0.1, -0.05) is 60.7 Å². The minimum Gasteiger partial charge on any atom is -0.354 e. The number of rotatable bonds is 8. The number of hydrogen-bond donors (Lipinski definition) is 1. The third-order valence-electron chi connectivity index (χ3n) is 3.87. The molecule has 2 aromatic rings. The van der Waals surface area contributed by atoms with E-state index in [0.717, 1.165) is 11.1 Å². The Morgan fingerprint density at radius 2 is 1.35 bits per heavy atom. The van der Waals surface area contributed by atoms with E-state index in [9.17, 15) is 9.59 Å². The van der Waals surface area contributed by atoms with Crippen molar-refractivity contribution >= 4 is 11.8 Å². The van der Waals surface area contributed by atoms with Crippen LogP contribution in [0.1, 0.15) is 11.1 Å². The van der Waals surface area contributed by atoms with Crippen molar-refractivity contribution in [3.8, 4) is 0 Å². The lowest BCUT2D eigenvalue weighted by Crippen LogP contribution is -2.45. The van der Waals surface area contributed by atoms with E-state index in [4.69, 9.17) is 9.47 Å². The Morgan fingerprint density at radius 1 is 0.885 bits per heavy atom. The average molecular weight is 356 g/mol. The number of carbonyl (C=O) groups is 2. The lowest BCUT2D eigenvalue weighted by molar-refractivity contribution is -0.148. The van der Waals surface area contributed by atoms with Crippen LogP contribution in [0.2, 0.25) is 0 Å². The maximum Gasteiger partial charge on any atom is 0.312 e. The van der Waals surface area contributed by atoms with Crippen LogP contribution >= 0.6 is 0 Å². The molecule has 138 valence electrons. The van der Waals surface area contributed by atoms with Gasteiger partial charge < -0.3 is 19.7 Å². The molecule has 0 aliphatic rings. The van der Waals surface area contributed by atoms with Crippen LogP contribution < -0.4 is 5.32 Å². The van der Waals surface area contributed by atoms with Gasteiger partial charge in [0, 0.05) is 27.3 Å². The number of methoxy groups -OCH3 is 2. The van der Waals surface area contributed by atoms with Crippen LogP contribution in [-0.4, -0.2) is 43.8 Å². The Morgan fingerprint density at radius 3 is 1.77 bits per heavy atom. The van der Waals surface area contributed by atoms with Crippen molar-refractivity contribution in [2.45, 2.75) is 19.4 Å². The Labute approximate surface area is 153 Å². The normalized spacial score (nSPS) is 10.6. The molecule has 2 amide bonds. The molecule has 0 unspecified atom stereocenters. The van der Waals surface area contributed by atoms with Crippen molar-refractivity contribution < 1.29 is 19.1 Å². The molecule has 2 rings (SSSR count). The zero-order chi connectivity index (χ0) is 18.8. The van der Waals surface area contributed by atoms with Gasteiger partial charge >= 0.3 is 11.8 Å². The van der Waals surface area contributed by atoms with E-state index in [1.165, 1.54) is 19.1 Å². The zero-order valence-corrected chi connectivity index (χ0v) is 15.1. The van der Waals surface area contributed by atoms with Crippen LogP contribution in [0.4, 0.5) is 0 Å². The molecule has 1 N–H and O–H groups in total. The van der Waals surface area contributed by atoms with Gasteiger partial charge in [-0.25, -0.2) is 0 Å². The number of amides is 2. The Balaban J connectivity index is 2.08. The Hall–Kier alpha value is -2.70. The fourth-order valence-corrected chi connectivity index (χ4v) is 2.47. The number of nitrogens with one attached hydrogen (secondary N) is 1. The standard InChI is InChI=1S/C20H24N2O4/c1-25-18(26-2)13-21-19(23)20(24)22(14-16-9-5-3-6-10-16)15-17-11-7-4-8-12-17/h3-12,18H,13-15H2,1-2H3,(H,21,23). The maximum absolute atomic E-state index is 12.7. The summed E-state index contributed by atoms with van der Waals surface area (Å²) < 4.78 is 10.0. The molecule has 0 spiro atoms. The van der Waals surface area contributed by atoms with Gasteiger partial charge in [0.25, 0.3) is 0 Å². The number of carbonyl (C=O) groups excluding carboxylic acids is 2. The number of ether oxygens (including phenoxy) is 2. The third kappa shape index (κ3) is 5.98. The van der Waals surface area contributed by atoms with Gasteiger partial charge in [0.1, 0.15) is 0 Å². The van der Waals surface area contributed by atoms with Crippen molar-refractivity contribution in [3.63, 3.8) is 0 Å². The summed E-state index contributed by atoms with van der Waals surface area (Å²) in [6.45, 7) is 0.794. The molecule has 0 bridgehead atoms. The summed E-state index contributed by atoms with van der Waals surface area (Å²) in [5.41, 5.74) is 1.91. The van der Waals surface area contributed by atoms with E-state index >= 15 is 0 Å².